The van der Waals surface area contributed by atoms with Crippen LogP contribution in [0, 0.1) is 5.92 Å². The van der Waals surface area contributed by atoms with E-state index in [1.807, 2.05) is 7.05 Å². The first-order valence-electron chi connectivity index (χ1n) is 6.55. The molecule has 0 saturated heterocycles. The van der Waals surface area contributed by atoms with E-state index in [0.717, 1.165) is 6.42 Å². The monoisotopic (exact) mass is 296 g/mol. The highest BCUT2D eigenvalue weighted by Gasteiger charge is 2.12. The minimum atomic E-state index is 0. The molecule has 0 aromatic rings. The molecule has 0 aromatic heterocycles. The van der Waals surface area contributed by atoms with Gasteiger partial charge in [-0.05, 0) is 12.3 Å². The first-order valence-corrected chi connectivity index (χ1v) is 6.55. The van der Waals surface area contributed by atoms with E-state index in [1.54, 1.807) is 12.0 Å². The molecule has 1 amide bonds. The highest BCUT2D eigenvalue weighted by molar-refractivity contribution is 5.85. The maximum Gasteiger partial charge on any atom is 0.224 e. The highest BCUT2D eigenvalue weighted by atomic mass is 35.5. The van der Waals surface area contributed by atoms with Crippen LogP contribution in [0.3, 0.4) is 0 Å². The quantitative estimate of drug-likeness (QED) is 0.617. The molecule has 0 fully saturated rings. The number of carbonyl (C=O) groups excluding carboxylic acids is 1. The molecule has 0 aliphatic carbocycles. The van der Waals surface area contributed by atoms with Gasteiger partial charge in [-0.1, -0.05) is 13.8 Å². The van der Waals surface area contributed by atoms with Crippen LogP contribution in [0.4, 0.5) is 0 Å². The number of hydrogen-bond donors (Lipinski definition) is 1. The summed E-state index contributed by atoms with van der Waals surface area (Å²) < 4.78 is 10.1. The Labute approximate surface area is 123 Å². The van der Waals surface area contributed by atoms with Crippen molar-refractivity contribution in [3.8, 4) is 0 Å². The summed E-state index contributed by atoms with van der Waals surface area (Å²) in [6.45, 7) is 6.43. The molecule has 0 radical (unpaired) electrons. The maximum absolute atomic E-state index is 11.7. The topological polar surface area (TPSA) is 64.8 Å². The Balaban J connectivity index is 0. The van der Waals surface area contributed by atoms with Gasteiger partial charge in [-0.25, -0.2) is 0 Å². The molecular weight excluding hydrogens is 268 g/mol. The Kier molecular flexibility index (Phi) is 14.0. The van der Waals surface area contributed by atoms with Gasteiger partial charge in [0.1, 0.15) is 0 Å². The molecular formula is C13H29ClN2O3. The molecule has 0 aliphatic heterocycles. The first kappa shape index (κ1) is 20.9. The second-order valence-electron chi connectivity index (χ2n) is 4.87. The van der Waals surface area contributed by atoms with Gasteiger partial charge < -0.3 is 20.1 Å². The van der Waals surface area contributed by atoms with E-state index in [0.29, 0.717) is 38.7 Å². The van der Waals surface area contributed by atoms with Gasteiger partial charge in [0.25, 0.3) is 0 Å². The van der Waals surface area contributed by atoms with Gasteiger partial charge in [-0.3, -0.25) is 4.79 Å². The third-order valence-corrected chi connectivity index (χ3v) is 2.97. The first-order chi connectivity index (χ1) is 8.49. The standard InChI is InChI=1S/C13H28N2O3.ClH/c1-11(2)12(14)5-7-15(3)13(16)6-8-18-10-9-17-4;/h11-12H,5-10,14H2,1-4H3;1H. The Morgan fingerprint density at radius 2 is 1.89 bits per heavy atom. The number of hydrogen-bond acceptors (Lipinski definition) is 4. The lowest BCUT2D eigenvalue weighted by Gasteiger charge is -2.21. The van der Waals surface area contributed by atoms with Crippen LogP contribution in [-0.4, -0.2) is 57.4 Å². The highest BCUT2D eigenvalue weighted by Crippen LogP contribution is 2.04. The molecule has 0 rings (SSSR count). The van der Waals surface area contributed by atoms with E-state index < -0.39 is 0 Å². The lowest BCUT2D eigenvalue weighted by atomic mass is 10.0. The fraction of sp³-hybridized carbons (Fsp3) is 0.923. The van der Waals surface area contributed by atoms with Crippen molar-refractivity contribution in [3.63, 3.8) is 0 Å². The average molecular weight is 297 g/mol. The van der Waals surface area contributed by atoms with E-state index in [-0.39, 0.29) is 24.4 Å². The number of halogens is 1. The Morgan fingerprint density at radius 3 is 2.42 bits per heavy atom. The van der Waals surface area contributed by atoms with Crippen LogP contribution in [0.2, 0.25) is 0 Å². The van der Waals surface area contributed by atoms with E-state index in [1.165, 1.54) is 0 Å². The molecule has 0 aromatic carbocycles. The molecule has 19 heavy (non-hydrogen) atoms. The summed E-state index contributed by atoms with van der Waals surface area (Å²) in [4.78, 5) is 13.5. The number of carbonyl (C=O) groups is 1. The Morgan fingerprint density at radius 1 is 1.26 bits per heavy atom. The van der Waals surface area contributed by atoms with Crippen LogP contribution >= 0.6 is 12.4 Å². The van der Waals surface area contributed by atoms with Gasteiger partial charge in [0.2, 0.25) is 5.91 Å². The minimum Gasteiger partial charge on any atom is -0.382 e. The summed E-state index contributed by atoms with van der Waals surface area (Å²) in [6, 6.07) is 0.151. The maximum atomic E-state index is 11.7. The molecule has 1 unspecified atom stereocenters. The average Bonchev–Trinajstić information content (AvgIpc) is 2.34. The molecule has 5 nitrogen and oxygen atoms in total. The lowest BCUT2D eigenvalue weighted by molar-refractivity contribution is -0.131. The fourth-order valence-corrected chi connectivity index (χ4v) is 1.40. The summed E-state index contributed by atoms with van der Waals surface area (Å²) in [6.07, 6.45) is 1.25. The van der Waals surface area contributed by atoms with Crippen molar-refractivity contribution >= 4 is 18.3 Å². The van der Waals surface area contributed by atoms with E-state index in [2.05, 4.69) is 13.8 Å². The molecule has 2 N–H and O–H groups in total. The fourth-order valence-electron chi connectivity index (χ4n) is 1.40. The predicted octanol–water partition coefficient (Wildman–Crippen LogP) is 1.29. The van der Waals surface area contributed by atoms with Crippen molar-refractivity contribution in [2.45, 2.75) is 32.7 Å². The van der Waals surface area contributed by atoms with Gasteiger partial charge in [0.15, 0.2) is 0 Å². The van der Waals surface area contributed by atoms with E-state index >= 15 is 0 Å². The smallest absolute Gasteiger partial charge is 0.224 e. The molecule has 0 heterocycles. The second kappa shape index (κ2) is 12.7. The minimum absolute atomic E-state index is 0. The van der Waals surface area contributed by atoms with Crippen LogP contribution in [0.15, 0.2) is 0 Å². The molecule has 0 spiro atoms. The van der Waals surface area contributed by atoms with Crippen LogP contribution in [0.1, 0.15) is 26.7 Å². The number of nitrogens with two attached hydrogens (primary N) is 1. The zero-order valence-corrected chi connectivity index (χ0v) is 13.4. The lowest BCUT2D eigenvalue weighted by Crippen LogP contribution is -2.35. The molecule has 116 valence electrons. The summed E-state index contributed by atoms with van der Waals surface area (Å²) in [5.41, 5.74) is 5.94. The number of ether oxygens (including phenoxy) is 2. The predicted molar refractivity (Wildman–Crippen MR) is 79.6 cm³/mol. The third-order valence-electron chi connectivity index (χ3n) is 2.97. The van der Waals surface area contributed by atoms with Crippen LogP contribution < -0.4 is 5.73 Å². The van der Waals surface area contributed by atoms with Gasteiger partial charge in [-0.15, -0.1) is 12.4 Å². The van der Waals surface area contributed by atoms with Crippen molar-refractivity contribution < 1.29 is 14.3 Å². The largest absolute Gasteiger partial charge is 0.382 e. The second-order valence-corrected chi connectivity index (χ2v) is 4.87. The van der Waals surface area contributed by atoms with E-state index in [4.69, 9.17) is 15.2 Å². The van der Waals surface area contributed by atoms with Crippen molar-refractivity contribution in [2.75, 3.05) is 40.5 Å². The molecule has 6 heteroatoms. The van der Waals surface area contributed by atoms with Crippen molar-refractivity contribution in [1.29, 1.82) is 0 Å². The van der Waals surface area contributed by atoms with Gasteiger partial charge in [0, 0.05) is 26.7 Å². The van der Waals surface area contributed by atoms with Crippen molar-refractivity contribution in [1.82, 2.24) is 4.90 Å². The Hall–Kier alpha value is -0.360. The van der Waals surface area contributed by atoms with E-state index in [9.17, 15) is 4.79 Å². The SMILES string of the molecule is COCCOCCC(=O)N(C)CCC(N)C(C)C.Cl. The van der Waals surface area contributed by atoms with Gasteiger partial charge in [-0.2, -0.15) is 0 Å². The third kappa shape index (κ3) is 11.2. The Bertz CT molecular complexity index is 228. The summed E-state index contributed by atoms with van der Waals surface area (Å²) in [5.74, 6) is 0.550. The number of methoxy groups -OCH3 is 1. The summed E-state index contributed by atoms with van der Waals surface area (Å²) in [7, 11) is 3.44. The number of rotatable bonds is 10. The number of nitrogens with zero attached hydrogens (tertiary/aromatic N) is 1. The zero-order valence-electron chi connectivity index (χ0n) is 12.6. The van der Waals surface area contributed by atoms with Crippen LogP contribution in [0.5, 0.6) is 0 Å². The van der Waals surface area contributed by atoms with Crippen LogP contribution in [-0.2, 0) is 14.3 Å². The number of amides is 1. The van der Waals surface area contributed by atoms with Gasteiger partial charge in [0.05, 0.1) is 26.2 Å². The molecule has 0 aliphatic rings. The van der Waals surface area contributed by atoms with Gasteiger partial charge >= 0.3 is 0 Å². The summed E-state index contributed by atoms with van der Waals surface area (Å²) >= 11 is 0. The van der Waals surface area contributed by atoms with Crippen LogP contribution in [0.25, 0.3) is 0 Å². The van der Waals surface area contributed by atoms with Crippen molar-refractivity contribution in [2.24, 2.45) is 11.7 Å². The molecule has 0 bridgehead atoms. The molecule has 0 saturated carbocycles. The molecule has 1 atom stereocenters. The summed E-state index contributed by atoms with van der Waals surface area (Å²) in [5, 5.41) is 0. The van der Waals surface area contributed by atoms with Crippen molar-refractivity contribution in [3.05, 3.63) is 0 Å². The normalized spacial score (nSPS) is 12.1. The zero-order chi connectivity index (χ0) is 14.0.